The first-order valence-electron chi connectivity index (χ1n) is 6.49. The lowest BCUT2D eigenvalue weighted by Crippen LogP contribution is -2.32. The molecule has 0 fully saturated rings. The molecular formula is C14H19N3O. The maximum absolute atomic E-state index is 12.5. The average Bonchev–Trinajstić information content (AvgIpc) is 2.85. The number of amides is 1. The fraction of sp³-hybridized carbons (Fsp3) is 0.429. The van der Waals surface area contributed by atoms with Crippen LogP contribution < -0.4 is 0 Å². The molecule has 1 N–H and O–H groups in total. The molecule has 0 atom stereocenters. The van der Waals surface area contributed by atoms with E-state index >= 15 is 0 Å². The van der Waals surface area contributed by atoms with E-state index < -0.39 is 0 Å². The van der Waals surface area contributed by atoms with Crippen molar-refractivity contribution in [3.05, 3.63) is 30.0 Å². The van der Waals surface area contributed by atoms with Crippen LogP contribution in [0.5, 0.6) is 0 Å². The van der Waals surface area contributed by atoms with Crippen molar-refractivity contribution in [2.75, 3.05) is 13.1 Å². The zero-order valence-electron chi connectivity index (χ0n) is 10.9. The number of hydrogen-bond acceptors (Lipinski definition) is 2. The number of carbonyl (C=O) groups is 1. The summed E-state index contributed by atoms with van der Waals surface area (Å²) in [6.07, 6.45) is 3.70. The van der Waals surface area contributed by atoms with Crippen LogP contribution >= 0.6 is 0 Å². The maximum atomic E-state index is 12.5. The van der Waals surface area contributed by atoms with Crippen molar-refractivity contribution in [1.82, 2.24) is 15.1 Å². The smallest absolute Gasteiger partial charge is 0.256 e. The largest absolute Gasteiger partial charge is 0.339 e. The molecule has 0 saturated carbocycles. The van der Waals surface area contributed by atoms with Gasteiger partial charge in [0.1, 0.15) is 0 Å². The molecule has 4 nitrogen and oxygen atoms in total. The average molecular weight is 245 g/mol. The third kappa shape index (κ3) is 2.37. The number of H-pyrrole nitrogens is 1. The van der Waals surface area contributed by atoms with Crippen molar-refractivity contribution < 1.29 is 4.79 Å². The van der Waals surface area contributed by atoms with Crippen molar-refractivity contribution in [1.29, 1.82) is 0 Å². The molecule has 0 saturated heterocycles. The number of benzene rings is 1. The second-order valence-corrected chi connectivity index (χ2v) is 4.43. The molecule has 1 heterocycles. The Kier molecular flexibility index (Phi) is 3.97. The highest BCUT2D eigenvalue weighted by Crippen LogP contribution is 2.17. The molecule has 0 aliphatic rings. The molecule has 0 unspecified atom stereocenters. The van der Waals surface area contributed by atoms with E-state index in [-0.39, 0.29) is 5.91 Å². The summed E-state index contributed by atoms with van der Waals surface area (Å²) in [5.41, 5.74) is 1.55. The summed E-state index contributed by atoms with van der Waals surface area (Å²) in [5, 5.41) is 7.89. The predicted molar refractivity (Wildman–Crippen MR) is 72.6 cm³/mol. The summed E-state index contributed by atoms with van der Waals surface area (Å²) in [6, 6.07) is 5.72. The van der Waals surface area contributed by atoms with Crippen LogP contribution in [0.25, 0.3) is 10.9 Å². The van der Waals surface area contributed by atoms with Crippen LogP contribution in [0.1, 0.15) is 37.0 Å². The molecule has 0 radical (unpaired) electrons. The zero-order valence-corrected chi connectivity index (χ0v) is 10.9. The third-order valence-electron chi connectivity index (χ3n) is 2.98. The Morgan fingerprint density at radius 1 is 1.28 bits per heavy atom. The van der Waals surface area contributed by atoms with Crippen molar-refractivity contribution in [3.8, 4) is 0 Å². The van der Waals surface area contributed by atoms with Crippen LogP contribution in [0.3, 0.4) is 0 Å². The highest BCUT2D eigenvalue weighted by Gasteiger charge is 2.17. The second kappa shape index (κ2) is 5.67. The number of nitrogens with zero attached hydrogens (tertiary/aromatic N) is 2. The number of hydrogen-bond donors (Lipinski definition) is 1. The lowest BCUT2D eigenvalue weighted by atomic mass is 10.1. The molecule has 2 aromatic rings. The lowest BCUT2D eigenvalue weighted by molar-refractivity contribution is 0.0757. The predicted octanol–water partition coefficient (Wildman–Crippen LogP) is 2.83. The van der Waals surface area contributed by atoms with Gasteiger partial charge in [-0.2, -0.15) is 5.10 Å². The minimum atomic E-state index is 0.0913. The number of nitrogens with one attached hydrogen (secondary N) is 1. The van der Waals surface area contributed by atoms with Crippen LogP contribution in [0.15, 0.2) is 24.4 Å². The van der Waals surface area contributed by atoms with Gasteiger partial charge in [0.25, 0.3) is 5.91 Å². The number of aromatic nitrogens is 2. The maximum Gasteiger partial charge on any atom is 0.256 e. The van der Waals surface area contributed by atoms with Gasteiger partial charge in [-0.25, -0.2) is 0 Å². The second-order valence-electron chi connectivity index (χ2n) is 4.43. The first kappa shape index (κ1) is 12.6. The topological polar surface area (TPSA) is 49.0 Å². The van der Waals surface area contributed by atoms with Crippen LogP contribution in [0.4, 0.5) is 0 Å². The molecule has 1 amide bonds. The normalized spacial score (nSPS) is 10.8. The summed E-state index contributed by atoms with van der Waals surface area (Å²) in [7, 11) is 0. The number of fused-ring (bicyclic) bond motifs is 1. The molecule has 18 heavy (non-hydrogen) atoms. The molecule has 0 aliphatic carbocycles. The first-order chi connectivity index (χ1) is 8.77. The van der Waals surface area contributed by atoms with E-state index in [0.29, 0.717) is 5.56 Å². The Morgan fingerprint density at radius 3 is 2.67 bits per heavy atom. The van der Waals surface area contributed by atoms with Gasteiger partial charge in [-0.3, -0.25) is 9.89 Å². The Balaban J connectivity index is 2.34. The summed E-state index contributed by atoms with van der Waals surface area (Å²) in [5.74, 6) is 0.0913. The number of aromatic amines is 1. The summed E-state index contributed by atoms with van der Waals surface area (Å²) < 4.78 is 0. The van der Waals surface area contributed by atoms with Gasteiger partial charge in [0.15, 0.2) is 0 Å². The highest BCUT2D eigenvalue weighted by atomic mass is 16.2. The first-order valence-corrected chi connectivity index (χ1v) is 6.49. The van der Waals surface area contributed by atoms with Gasteiger partial charge in [0.05, 0.1) is 17.3 Å². The lowest BCUT2D eigenvalue weighted by Gasteiger charge is -2.21. The minimum absolute atomic E-state index is 0.0913. The van der Waals surface area contributed by atoms with Crippen LogP contribution in [0.2, 0.25) is 0 Å². The molecule has 4 heteroatoms. The standard InChI is InChI=1S/C14H19N3O/c1-3-8-17(9-4-2)14(18)12-7-5-6-11-10-15-16-13(11)12/h5-7,10H,3-4,8-9H2,1-2H3,(H,15,16). The molecule has 0 aliphatic heterocycles. The molecule has 0 spiro atoms. The molecule has 1 aromatic carbocycles. The minimum Gasteiger partial charge on any atom is -0.339 e. The molecular weight excluding hydrogens is 226 g/mol. The van der Waals surface area contributed by atoms with Crippen LogP contribution in [-0.4, -0.2) is 34.1 Å². The van der Waals surface area contributed by atoms with Crippen molar-refractivity contribution in [2.45, 2.75) is 26.7 Å². The van der Waals surface area contributed by atoms with Crippen molar-refractivity contribution >= 4 is 16.8 Å². The Bertz CT molecular complexity index is 527. The van der Waals surface area contributed by atoms with Gasteiger partial charge >= 0.3 is 0 Å². The molecule has 0 bridgehead atoms. The fourth-order valence-electron chi connectivity index (χ4n) is 2.17. The van der Waals surface area contributed by atoms with E-state index in [4.69, 9.17) is 0 Å². The molecule has 2 rings (SSSR count). The quantitative estimate of drug-likeness (QED) is 0.880. The number of rotatable bonds is 5. The monoisotopic (exact) mass is 245 g/mol. The third-order valence-corrected chi connectivity index (χ3v) is 2.98. The summed E-state index contributed by atoms with van der Waals surface area (Å²) in [6.45, 7) is 5.79. The summed E-state index contributed by atoms with van der Waals surface area (Å²) in [4.78, 5) is 14.4. The van der Waals surface area contributed by atoms with Crippen molar-refractivity contribution in [2.24, 2.45) is 0 Å². The Hall–Kier alpha value is -1.84. The van der Waals surface area contributed by atoms with Gasteiger partial charge in [-0.15, -0.1) is 0 Å². The van der Waals surface area contributed by atoms with Gasteiger partial charge in [0.2, 0.25) is 0 Å². The Labute approximate surface area is 107 Å². The highest BCUT2D eigenvalue weighted by molar-refractivity contribution is 6.05. The van der Waals surface area contributed by atoms with E-state index in [1.54, 1.807) is 6.20 Å². The van der Waals surface area contributed by atoms with Gasteiger partial charge in [-0.1, -0.05) is 26.0 Å². The van der Waals surface area contributed by atoms with E-state index in [2.05, 4.69) is 24.0 Å². The zero-order chi connectivity index (χ0) is 13.0. The van der Waals surface area contributed by atoms with Crippen molar-refractivity contribution in [3.63, 3.8) is 0 Å². The van der Waals surface area contributed by atoms with Gasteiger partial charge < -0.3 is 4.90 Å². The fourth-order valence-corrected chi connectivity index (χ4v) is 2.17. The van der Waals surface area contributed by atoms with E-state index in [0.717, 1.165) is 36.8 Å². The SMILES string of the molecule is CCCN(CCC)C(=O)c1cccc2cn[nH]c12. The van der Waals surface area contributed by atoms with Crippen LogP contribution in [-0.2, 0) is 0 Å². The van der Waals surface area contributed by atoms with E-state index in [1.165, 1.54) is 0 Å². The molecule has 96 valence electrons. The van der Waals surface area contributed by atoms with E-state index in [1.807, 2.05) is 23.1 Å². The number of para-hydroxylation sites is 1. The van der Waals surface area contributed by atoms with Crippen LogP contribution in [0, 0.1) is 0 Å². The number of carbonyl (C=O) groups excluding carboxylic acids is 1. The van der Waals surface area contributed by atoms with Gasteiger partial charge in [0, 0.05) is 18.5 Å². The Morgan fingerprint density at radius 2 is 2.00 bits per heavy atom. The molecule has 1 aromatic heterocycles. The van der Waals surface area contributed by atoms with Gasteiger partial charge in [-0.05, 0) is 18.9 Å². The summed E-state index contributed by atoms with van der Waals surface area (Å²) >= 11 is 0. The van der Waals surface area contributed by atoms with E-state index in [9.17, 15) is 4.79 Å².